The van der Waals surface area contributed by atoms with E-state index >= 15 is 0 Å². The zero-order valence-corrected chi connectivity index (χ0v) is 13.5. The van der Waals surface area contributed by atoms with Crippen LogP contribution >= 0.6 is 0 Å². The first-order valence-electron chi connectivity index (χ1n) is 7.39. The summed E-state index contributed by atoms with van der Waals surface area (Å²) in [5, 5.41) is 5.26. The van der Waals surface area contributed by atoms with E-state index in [0.717, 1.165) is 0 Å². The van der Waals surface area contributed by atoms with E-state index < -0.39 is 11.7 Å². The van der Waals surface area contributed by atoms with Crippen molar-refractivity contribution in [2.75, 3.05) is 19.6 Å². The summed E-state index contributed by atoms with van der Waals surface area (Å²) in [5.41, 5.74) is -0.592. The Labute approximate surface area is 131 Å². The van der Waals surface area contributed by atoms with Crippen LogP contribution in [-0.2, 0) is 14.3 Å². The van der Waals surface area contributed by atoms with E-state index in [-0.39, 0.29) is 24.4 Å². The molecule has 1 aliphatic heterocycles. The normalized spacial score (nSPS) is 15.9. The molecule has 0 bridgehead atoms. The molecule has 0 spiro atoms. The Morgan fingerprint density at radius 1 is 1.27 bits per heavy atom. The molecule has 1 aliphatic rings. The summed E-state index contributed by atoms with van der Waals surface area (Å²) in [7, 11) is 0. The fraction of sp³-hybridized carbons (Fsp3) is 0.667. The Balaban J connectivity index is 2.25. The van der Waals surface area contributed by atoms with Gasteiger partial charge in [-0.3, -0.25) is 9.59 Å². The predicted molar refractivity (Wildman–Crippen MR) is 82.2 cm³/mol. The fourth-order valence-corrected chi connectivity index (χ4v) is 2.12. The second-order valence-electron chi connectivity index (χ2n) is 6.23. The average molecular weight is 311 g/mol. The largest absolute Gasteiger partial charge is 0.444 e. The van der Waals surface area contributed by atoms with Gasteiger partial charge >= 0.3 is 6.09 Å². The third-order valence-electron chi connectivity index (χ3n) is 3.14. The zero-order chi connectivity index (χ0) is 16.8. The second-order valence-corrected chi connectivity index (χ2v) is 6.23. The number of likely N-dealkylation sites (tertiary alicyclic amines) is 1. The summed E-state index contributed by atoms with van der Waals surface area (Å²) in [4.78, 5) is 36.4. The van der Waals surface area contributed by atoms with E-state index in [4.69, 9.17) is 4.74 Å². The maximum absolute atomic E-state index is 11.8. The van der Waals surface area contributed by atoms with Crippen molar-refractivity contribution >= 4 is 17.9 Å². The summed E-state index contributed by atoms with van der Waals surface area (Å²) in [6.45, 7) is 9.78. The number of nitrogens with one attached hydrogen (secondary N) is 2. The molecule has 2 N–H and O–H groups in total. The third kappa shape index (κ3) is 6.60. The highest BCUT2D eigenvalue weighted by Gasteiger charge is 2.23. The Hall–Kier alpha value is -2.05. The van der Waals surface area contributed by atoms with E-state index in [9.17, 15) is 14.4 Å². The Morgan fingerprint density at radius 3 is 2.36 bits per heavy atom. The minimum Gasteiger partial charge on any atom is -0.444 e. The van der Waals surface area contributed by atoms with E-state index in [2.05, 4.69) is 17.2 Å². The highest BCUT2D eigenvalue weighted by Crippen LogP contribution is 2.10. The third-order valence-corrected chi connectivity index (χ3v) is 3.14. The average Bonchev–Trinajstić information content (AvgIpc) is 2.43. The topological polar surface area (TPSA) is 87.7 Å². The van der Waals surface area contributed by atoms with Gasteiger partial charge in [0.25, 0.3) is 0 Å². The van der Waals surface area contributed by atoms with Crippen molar-refractivity contribution < 1.29 is 19.1 Å². The molecule has 0 unspecified atom stereocenters. The fourth-order valence-electron chi connectivity index (χ4n) is 2.12. The van der Waals surface area contributed by atoms with Crippen molar-refractivity contribution in [1.82, 2.24) is 15.5 Å². The molecule has 0 radical (unpaired) electrons. The van der Waals surface area contributed by atoms with Crippen LogP contribution in [0.25, 0.3) is 0 Å². The molecule has 3 amide bonds. The number of hydrogen-bond donors (Lipinski definition) is 2. The van der Waals surface area contributed by atoms with Crippen LogP contribution in [-0.4, -0.2) is 54.1 Å². The molecular weight excluding hydrogens is 286 g/mol. The standard InChI is InChI=1S/C15H25N3O4/c1-5-13(20)18-8-6-11(7-9-18)17-12(19)10-16-14(21)22-15(2,3)4/h5,11H,1,6-10H2,2-4H3,(H,16,21)(H,17,19). The van der Waals surface area contributed by atoms with E-state index in [1.54, 1.807) is 25.7 Å². The zero-order valence-electron chi connectivity index (χ0n) is 13.5. The van der Waals surface area contributed by atoms with Crippen LogP contribution in [0.15, 0.2) is 12.7 Å². The van der Waals surface area contributed by atoms with Crippen LogP contribution in [0.1, 0.15) is 33.6 Å². The molecule has 0 aromatic carbocycles. The molecule has 22 heavy (non-hydrogen) atoms. The van der Waals surface area contributed by atoms with Crippen molar-refractivity contribution in [1.29, 1.82) is 0 Å². The molecule has 124 valence electrons. The Kier molecular flexibility index (Phi) is 6.39. The van der Waals surface area contributed by atoms with Gasteiger partial charge in [0.05, 0.1) is 0 Å². The van der Waals surface area contributed by atoms with E-state index in [1.165, 1.54) is 6.08 Å². The second kappa shape index (κ2) is 7.82. The van der Waals surface area contributed by atoms with E-state index in [0.29, 0.717) is 25.9 Å². The number of nitrogens with zero attached hydrogens (tertiary/aromatic N) is 1. The minimum atomic E-state index is -0.617. The summed E-state index contributed by atoms with van der Waals surface area (Å²) in [5.74, 6) is -0.351. The monoisotopic (exact) mass is 311 g/mol. The number of carbonyl (C=O) groups excluding carboxylic acids is 3. The predicted octanol–water partition coefficient (Wildman–Crippen LogP) is 0.804. The molecule has 1 saturated heterocycles. The number of amides is 3. The van der Waals surface area contributed by atoms with Crippen LogP contribution in [0.4, 0.5) is 4.79 Å². The SMILES string of the molecule is C=CC(=O)N1CCC(NC(=O)CNC(=O)OC(C)(C)C)CC1. The highest BCUT2D eigenvalue weighted by atomic mass is 16.6. The lowest BCUT2D eigenvalue weighted by Crippen LogP contribution is -2.48. The lowest BCUT2D eigenvalue weighted by Gasteiger charge is -2.31. The van der Waals surface area contributed by atoms with Gasteiger partial charge in [-0.25, -0.2) is 4.79 Å². The van der Waals surface area contributed by atoms with Gasteiger partial charge in [0.1, 0.15) is 12.1 Å². The summed E-state index contributed by atoms with van der Waals surface area (Å²) >= 11 is 0. The van der Waals surface area contributed by atoms with Crippen LogP contribution in [0, 0.1) is 0 Å². The van der Waals surface area contributed by atoms with Gasteiger partial charge in [0, 0.05) is 19.1 Å². The number of piperidine rings is 1. The molecule has 1 rings (SSSR count). The van der Waals surface area contributed by atoms with Crippen molar-refractivity contribution in [3.8, 4) is 0 Å². The van der Waals surface area contributed by atoms with Crippen molar-refractivity contribution in [2.45, 2.75) is 45.3 Å². The first kappa shape index (κ1) is 18.0. The number of alkyl carbamates (subject to hydrolysis) is 1. The highest BCUT2D eigenvalue weighted by molar-refractivity contribution is 5.87. The van der Waals surface area contributed by atoms with Gasteiger partial charge in [-0.2, -0.15) is 0 Å². The lowest BCUT2D eigenvalue weighted by atomic mass is 10.0. The first-order chi connectivity index (χ1) is 10.2. The number of rotatable bonds is 4. The molecule has 0 atom stereocenters. The molecule has 1 fully saturated rings. The van der Waals surface area contributed by atoms with Crippen molar-refractivity contribution in [2.24, 2.45) is 0 Å². The first-order valence-corrected chi connectivity index (χ1v) is 7.39. The molecule has 0 aromatic rings. The summed E-state index contributed by atoms with van der Waals surface area (Å²) in [6.07, 6.45) is 2.06. The minimum absolute atomic E-state index is 0.0156. The van der Waals surface area contributed by atoms with Crippen LogP contribution in [0.3, 0.4) is 0 Å². The summed E-state index contributed by atoms with van der Waals surface area (Å²) in [6, 6.07) is 0.0156. The molecule has 1 heterocycles. The molecule has 0 aliphatic carbocycles. The van der Waals surface area contributed by atoms with Gasteiger partial charge < -0.3 is 20.3 Å². The van der Waals surface area contributed by atoms with Crippen molar-refractivity contribution in [3.63, 3.8) is 0 Å². The van der Waals surface area contributed by atoms with E-state index in [1.807, 2.05) is 0 Å². The van der Waals surface area contributed by atoms with Crippen molar-refractivity contribution in [3.05, 3.63) is 12.7 Å². The van der Waals surface area contributed by atoms with Crippen LogP contribution < -0.4 is 10.6 Å². The van der Waals surface area contributed by atoms with Crippen LogP contribution in [0.2, 0.25) is 0 Å². The van der Waals surface area contributed by atoms with Gasteiger partial charge in [-0.05, 0) is 39.7 Å². The summed E-state index contributed by atoms with van der Waals surface area (Å²) < 4.78 is 5.05. The van der Waals surface area contributed by atoms with Gasteiger partial charge in [-0.1, -0.05) is 6.58 Å². The van der Waals surface area contributed by atoms with Gasteiger partial charge in [0.15, 0.2) is 0 Å². The maximum atomic E-state index is 11.8. The molecule has 0 aromatic heterocycles. The molecule has 7 heteroatoms. The molecule has 7 nitrogen and oxygen atoms in total. The quantitative estimate of drug-likeness (QED) is 0.752. The number of ether oxygens (including phenoxy) is 1. The van der Waals surface area contributed by atoms with Gasteiger partial charge in [0.2, 0.25) is 11.8 Å². The number of hydrogen-bond acceptors (Lipinski definition) is 4. The van der Waals surface area contributed by atoms with Gasteiger partial charge in [-0.15, -0.1) is 0 Å². The Morgan fingerprint density at radius 2 is 1.86 bits per heavy atom. The Bertz CT molecular complexity index is 435. The maximum Gasteiger partial charge on any atom is 0.408 e. The molecule has 0 saturated carbocycles. The molecular formula is C15H25N3O4. The smallest absolute Gasteiger partial charge is 0.408 e. The lowest BCUT2D eigenvalue weighted by molar-refractivity contribution is -0.127. The number of carbonyl (C=O) groups is 3. The van der Waals surface area contributed by atoms with Crippen LogP contribution in [0.5, 0.6) is 0 Å².